The lowest BCUT2D eigenvalue weighted by Crippen LogP contribution is -2.41. The van der Waals surface area contributed by atoms with Crippen molar-refractivity contribution in [3.8, 4) is 6.07 Å². The number of anilines is 2. The molecule has 1 N–H and O–H groups in total. The molecule has 1 aliphatic heterocycles. The highest BCUT2D eigenvalue weighted by Gasteiger charge is 2.27. The van der Waals surface area contributed by atoms with E-state index in [0.29, 0.717) is 17.8 Å². The van der Waals surface area contributed by atoms with E-state index in [0.717, 1.165) is 30.9 Å². The zero-order chi connectivity index (χ0) is 16.9. The van der Waals surface area contributed by atoms with Crippen LogP contribution in [0.5, 0.6) is 0 Å². The van der Waals surface area contributed by atoms with Crippen molar-refractivity contribution in [2.75, 3.05) is 23.3 Å². The van der Waals surface area contributed by atoms with Gasteiger partial charge in [-0.2, -0.15) is 10.4 Å². The minimum atomic E-state index is -0.131. The topological polar surface area (TPSA) is 81.9 Å². The molecule has 1 aromatic heterocycles. The number of carbonyl (C=O) groups is 1. The van der Waals surface area contributed by atoms with Crippen molar-refractivity contribution >= 4 is 17.4 Å². The molecule has 1 saturated heterocycles. The fraction of sp³-hybridized carbons (Fsp3) is 0.333. The number of nitrogens with zero attached hydrogens (tertiary/aromatic N) is 4. The number of carbonyl (C=O) groups excluding carboxylic acids is 1. The average molecular weight is 321 g/mol. The van der Waals surface area contributed by atoms with Crippen LogP contribution < -0.4 is 10.2 Å². The minimum absolute atomic E-state index is 0.0533. The number of amides is 1. The molecule has 0 saturated carbocycles. The smallest absolute Gasteiger partial charge is 0.229 e. The van der Waals surface area contributed by atoms with Gasteiger partial charge in [-0.15, -0.1) is 5.10 Å². The summed E-state index contributed by atoms with van der Waals surface area (Å²) >= 11 is 0. The summed E-state index contributed by atoms with van der Waals surface area (Å²) in [6.45, 7) is 3.38. The normalized spacial score (nSPS) is 17.2. The summed E-state index contributed by atoms with van der Waals surface area (Å²) in [6.07, 6.45) is 1.75. The Morgan fingerprint density at radius 3 is 2.88 bits per heavy atom. The summed E-state index contributed by atoms with van der Waals surface area (Å²) in [6, 6.07) is 13.0. The van der Waals surface area contributed by atoms with Crippen molar-refractivity contribution in [3.05, 3.63) is 47.7 Å². The molecule has 0 spiro atoms. The predicted molar refractivity (Wildman–Crippen MR) is 91.5 cm³/mol. The molecule has 0 radical (unpaired) electrons. The van der Waals surface area contributed by atoms with Gasteiger partial charge < -0.3 is 10.2 Å². The monoisotopic (exact) mass is 321 g/mol. The lowest BCUT2D eigenvalue weighted by molar-refractivity contribution is -0.120. The molecule has 1 fully saturated rings. The molecule has 1 amide bonds. The Kier molecular flexibility index (Phi) is 4.71. The Labute approximate surface area is 141 Å². The molecule has 122 valence electrons. The standard InChI is InChI=1S/C18H19N5O/c1-13-8-9-17(22-21-13)23-10-4-6-15(12-23)18(24)20-16-7-3-2-5-14(16)11-19/h2-3,5,7-9,15H,4,6,10,12H2,1H3,(H,20,24). The fourth-order valence-electron chi connectivity index (χ4n) is 2.88. The van der Waals surface area contributed by atoms with E-state index >= 15 is 0 Å². The number of para-hydroxylation sites is 1. The van der Waals surface area contributed by atoms with Gasteiger partial charge in [0.25, 0.3) is 0 Å². The van der Waals surface area contributed by atoms with E-state index in [-0.39, 0.29) is 11.8 Å². The van der Waals surface area contributed by atoms with E-state index in [1.807, 2.05) is 25.1 Å². The van der Waals surface area contributed by atoms with Crippen LogP contribution in [-0.2, 0) is 4.79 Å². The van der Waals surface area contributed by atoms with Crippen molar-refractivity contribution in [3.63, 3.8) is 0 Å². The molecular formula is C18H19N5O. The van der Waals surface area contributed by atoms with Crippen LogP contribution in [0.4, 0.5) is 11.5 Å². The predicted octanol–water partition coefficient (Wildman–Crippen LogP) is 2.51. The van der Waals surface area contributed by atoms with Gasteiger partial charge in [0.05, 0.1) is 22.9 Å². The molecule has 24 heavy (non-hydrogen) atoms. The highest BCUT2D eigenvalue weighted by molar-refractivity contribution is 5.94. The third-order valence-electron chi connectivity index (χ3n) is 4.21. The van der Waals surface area contributed by atoms with E-state index in [1.165, 1.54) is 0 Å². The summed E-state index contributed by atoms with van der Waals surface area (Å²) in [5.74, 6) is 0.617. The molecule has 2 heterocycles. The van der Waals surface area contributed by atoms with Crippen LogP contribution in [-0.4, -0.2) is 29.2 Å². The van der Waals surface area contributed by atoms with Gasteiger partial charge in [0.2, 0.25) is 5.91 Å². The number of rotatable bonds is 3. The van der Waals surface area contributed by atoms with E-state index in [2.05, 4.69) is 26.5 Å². The van der Waals surface area contributed by atoms with Gasteiger partial charge in [-0.05, 0) is 44.0 Å². The number of aryl methyl sites for hydroxylation is 1. The fourth-order valence-corrected chi connectivity index (χ4v) is 2.88. The van der Waals surface area contributed by atoms with Crippen LogP contribution in [0.15, 0.2) is 36.4 Å². The first-order chi connectivity index (χ1) is 11.7. The lowest BCUT2D eigenvalue weighted by atomic mass is 9.97. The Bertz CT molecular complexity index is 766. The van der Waals surface area contributed by atoms with Crippen LogP contribution in [0.3, 0.4) is 0 Å². The summed E-state index contributed by atoms with van der Waals surface area (Å²) in [4.78, 5) is 14.7. The molecule has 3 rings (SSSR count). The average Bonchev–Trinajstić information content (AvgIpc) is 2.63. The molecule has 1 aliphatic rings. The maximum atomic E-state index is 12.6. The number of hydrogen-bond acceptors (Lipinski definition) is 5. The highest BCUT2D eigenvalue weighted by Crippen LogP contribution is 2.23. The van der Waals surface area contributed by atoms with Crippen molar-refractivity contribution in [2.24, 2.45) is 5.92 Å². The first kappa shape index (κ1) is 15.9. The second kappa shape index (κ2) is 7.09. The second-order valence-electron chi connectivity index (χ2n) is 5.96. The van der Waals surface area contributed by atoms with Crippen molar-refractivity contribution < 1.29 is 4.79 Å². The van der Waals surface area contributed by atoms with Crippen molar-refractivity contribution in [1.82, 2.24) is 10.2 Å². The first-order valence-electron chi connectivity index (χ1n) is 8.02. The van der Waals surface area contributed by atoms with Crippen LogP contribution in [0.25, 0.3) is 0 Å². The molecule has 1 unspecified atom stereocenters. The molecule has 2 aromatic rings. The molecular weight excluding hydrogens is 302 g/mol. The number of benzene rings is 1. The van der Waals surface area contributed by atoms with Crippen LogP contribution in [0.1, 0.15) is 24.1 Å². The molecule has 6 nitrogen and oxygen atoms in total. The van der Waals surface area contributed by atoms with Crippen molar-refractivity contribution in [2.45, 2.75) is 19.8 Å². The van der Waals surface area contributed by atoms with Gasteiger partial charge in [-0.25, -0.2) is 0 Å². The molecule has 0 bridgehead atoms. The number of aromatic nitrogens is 2. The van der Waals surface area contributed by atoms with Gasteiger partial charge in [0.15, 0.2) is 5.82 Å². The van der Waals surface area contributed by atoms with E-state index in [9.17, 15) is 4.79 Å². The Morgan fingerprint density at radius 2 is 2.12 bits per heavy atom. The maximum Gasteiger partial charge on any atom is 0.229 e. The van der Waals surface area contributed by atoms with Crippen LogP contribution in [0.2, 0.25) is 0 Å². The molecule has 1 aromatic carbocycles. The van der Waals surface area contributed by atoms with Crippen LogP contribution >= 0.6 is 0 Å². The van der Waals surface area contributed by atoms with Gasteiger partial charge in [-0.1, -0.05) is 12.1 Å². The molecule has 6 heteroatoms. The van der Waals surface area contributed by atoms with E-state index in [1.54, 1.807) is 18.2 Å². The zero-order valence-electron chi connectivity index (χ0n) is 13.6. The Hall–Kier alpha value is -2.94. The van der Waals surface area contributed by atoms with E-state index < -0.39 is 0 Å². The van der Waals surface area contributed by atoms with Gasteiger partial charge >= 0.3 is 0 Å². The number of nitrogens with one attached hydrogen (secondary N) is 1. The Balaban J connectivity index is 1.69. The lowest BCUT2D eigenvalue weighted by Gasteiger charge is -2.32. The van der Waals surface area contributed by atoms with Gasteiger partial charge in [0, 0.05) is 13.1 Å². The molecule has 1 atom stereocenters. The summed E-state index contributed by atoms with van der Waals surface area (Å²) in [5, 5.41) is 20.3. The second-order valence-corrected chi connectivity index (χ2v) is 5.96. The zero-order valence-corrected chi connectivity index (χ0v) is 13.6. The van der Waals surface area contributed by atoms with Crippen LogP contribution in [0, 0.1) is 24.2 Å². The first-order valence-corrected chi connectivity index (χ1v) is 8.02. The number of hydrogen-bond donors (Lipinski definition) is 1. The SMILES string of the molecule is Cc1ccc(N2CCCC(C(=O)Nc3ccccc3C#N)C2)nn1. The number of nitriles is 1. The Morgan fingerprint density at radius 1 is 1.29 bits per heavy atom. The summed E-state index contributed by atoms with van der Waals surface area (Å²) in [7, 11) is 0. The largest absolute Gasteiger partial charge is 0.354 e. The van der Waals surface area contributed by atoms with Gasteiger partial charge in [-0.3, -0.25) is 4.79 Å². The summed E-state index contributed by atoms with van der Waals surface area (Å²) < 4.78 is 0. The quantitative estimate of drug-likeness (QED) is 0.939. The molecule has 0 aliphatic carbocycles. The number of piperidine rings is 1. The third-order valence-corrected chi connectivity index (χ3v) is 4.21. The highest BCUT2D eigenvalue weighted by atomic mass is 16.1. The minimum Gasteiger partial charge on any atom is -0.354 e. The third kappa shape index (κ3) is 3.51. The summed E-state index contributed by atoms with van der Waals surface area (Å²) in [5.41, 5.74) is 1.92. The van der Waals surface area contributed by atoms with E-state index in [4.69, 9.17) is 5.26 Å². The van der Waals surface area contributed by atoms with Crippen molar-refractivity contribution in [1.29, 1.82) is 5.26 Å². The maximum absolute atomic E-state index is 12.6. The van der Waals surface area contributed by atoms with Gasteiger partial charge in [0.1, 0.15) is 6.07 Å².